The highest BCUT2D eigenvalue weighted by Gasteiger charge is 2.12. The zero-order valence-electron chi connectivity index (χ0n) is 12.5. The Kier molecular flexibility index (Phi) is 6.01. The number of halogens is 2. The molecule has 0 saturated heterocycles. The summed E-state index contributed by atoms with van der Waals surface area (Å²) in [5.41, 5.74) is 0.741. The van der Waals surface area contributed by atoms with E-state index in [4.69, 9.17) is 4.74 Å². The van der Waals surface area contributed by atoms with Gasteiger partial charge in [0.1, 0.15) is 23.1 Å². The lowest BCUT2D eigenvalue weighted by Crippen LogP contribution is -2.13. The summed E-state index contributed by atoms with van der Waals surface area (Å²) in [7, 11) is 1.55. The third-order valence-corrected chi connectivity index (χ3v) is 4.13. The van der Waals surface area contributed by atoms with Crippen molar-refractivity contribution in [3.63, 3.8) is 0 Å². The number of carbonyl (C=O) groups excluding carboxylic acids is 1. The molecule has 2 rings (SSSR count). The molecule has 0 aliphatic carbocycles. The van der Waals surface area contributed by atoms with Crippen LogP contribution in [0.5, 0.6) is 11.5 Å². The molecule has 0 bridgehead atoms. The van der Waals surface area contributed by atoms with Crippen LogP contribution >= 0.6 is 31.9 Å². The first-order chi connectivity index (χ1) is 11.4. The van der Waals surface area contributed by atoms with Crippen molar-refractivity contribution in [2.45, 2.75) is 0 Å². The lowest BCUT2D eigenvalue weighted by molar-refractivity contribution is -0.112. The van der Waals surface area contributed by atoms with Gasteiger partial charge in [-0.3, -0.25) is 4.79 Å². The van der Waals surface area contributed by atoms with Gasteiger partial charge in [0.25, 0.3) is 5.91 Å². The summed E-state index contributed by atoms with van der Waals surface area (Å²) < 4.78 is 6.20. The third kappa shape index (κ3) is 4.37. The maximum atomic E-state index is 12.2. The fourth-order valence-corrected chi connectivity index (χ4v) is 3.13. The predicted octanol–water partition coefficient (Wildman–Crippen LogP) is 4.47. The van der Waals surface area contributed by atoms with E-state index in [0.717, 1.165) is 0 Å². The number of hydrogen-bond donors (Lipinski definition) is 2. The molecular formula is C17H12Br2N2O3. The summed E-state index contributed by atoms with van der Waals surface area (Å²) in [4.78, 5) is 12.2. The number of amides is 1. The molecule has 2 aromatic carbocycles. The molecule has 5 nitrogen and oxygen atoms in total. The first-order valence-electron chi connectivity index (χ1n) is 6.70. The van der Waals surface area contributed by atoms with E-state index in [1.807, 2.05) is 6.07 Å². The monoisotopic (exact) mass is 450 g/mol. The first-order valence-corrected chi connectivity index (χ1v) is 8.28. The number of phenolic OH excluding ortho intramolecular Hbond substituents is 1. The Balaban J connectivity index is 2.27. The normalized spacial score (nSPS) is 10.8. The molecule has 24 heavy (non-hydrogen) atoms. The fourth-order valence-electron chi connectivity index (χ4n) is 1.87. The lowest BCUT2D eigenvalue weighted by Gasteiger charge is -2.07. The Morgan fingerprint density at radius 2 is 1.96 bits per heavy atom. The van der Waals surface area contributed by atoms with E-state index in [9.17, 15) is 15.2 Å². The van der Waals surface area contributed by atoms with Crippen LogP contribution in [0.4, 0.5) is 5.69 Å². The van der Waals surface area contributed by atoms with Crippen LogP contribution in [0.25, 0.3) is 6.08 Å². The molecule has 122 valence electrons. The second kappa shape index (κ2) is 7.99. The van der Waals surface area contributed by atoms with Crippen molar-refractivity contribution in [2.24, 2.45) is 0 Å². The minimum atomic E-state index is -0.571. The number of methoxy groups -OCH3 is 1. The fraction of sp³-hybridized carbons (Fsp3) is 0.0588. The molecule has 0 spiro atoms. The molecule has 0 radical (unpaired) electrons. The predicted molar refractivity (Wildman–Crippen MR) is 98.7 cm³/mol. The van der Waals surface area contributed by atoms with Crippen molar-refractivity contribution in [1.29, 1.82) is 5.26 Å². The Bertz CT molecular complexity index is 840. The molecule has 0 saturated carbocycles. The zero-order chi connectivity index (χ0) is 17.7. The number of carbonyl (C=O) groups is 1. The van der Waals surface area contributed by atoms with Gasteiger partial charge in [-0.25, -0.2) is 0 Å². The highest BCUT2D eigenvalue weighted by atomic mass is 79.9. The number of nitriles is 1. The highest BCUT2D eigenvalue weighted by molar-refractivity contribution is 9.11. The maximum Gasteiger partial charge on any atom is 0.266 e. The van der Waals surface area contributed by atoms with Crippen LogP contribution in [0.3, 0.4) is 0 Å². The Morgan fingerprint density at radius 3 is 2.54 bits per heavy atom. The number of nitrogens with one attached hydrogen (secondary N) is 1. The van der Waals surface area contributed by atoms with E-state index in [1.54, 1.807) is 43.5 Å². The quantitative estimate of drug-likeness (QED) is 0.530. The average Bonchev–Trinajstić information content (AvgIpc) is 2.57. The first kappa shape index (κ1) is 18.0. The van der Waals surface area contributed by atoms with Crippen LogP contribution in [0.15, 0.2) is 50.9 Å². The minimum Gasteiger partial charge on any atom is -0.506 e. The van der Waals surface area contributed by atoms with Gasteiger partial charge in [-0.1, -0.05) is 15.9 Å². The molecule has 0 atom stereocenters. The van der Waals surface area contributed by atoms with E-state index in [-0.39, 0.29) is 11.3 Å². The van der Waals surface area contributed by atoms with Crippen molar-refractivity contribution >= 4 is 49.5 Å². The van der Waals surface area contributed by atoms with Crippen LogP contribution < -0.4 is 10.1 Å². The van der Waals surface area contributed by atoms with Crippen molar-refractivity contribution in [1.82, 2.24) is 0 Å². The standard InChI is InChI=1S/C17H12Br2N2O3/c1-24-14-4-2-13(3-5-14)21-17(23)11(9-20)6-10-7-12(18)8-15(19)16(10)22/h2-8,22H,1H3,(H,21,23)/b11-6-. The summed E-state index contributed by atoms with van der Waals surface area (Å²) in [6, 6.07) is 11.8. The van der Waals surface area contributed by atoms with E-state index in [2.05, 4.69) is 37.2 Å². The molecule has 0 aliphatic rings. The SMILES string of the molecule is COc1ccc(NC(=O)/C(C#N)=C\c2cc(Br)cc(Br)c2O)cc1. The number of hydrogen-bond acceptors (Lipinski definition) is 4. The number of ether oxygens (including phenoxy) is 1. The number of anilines is 1. The molecule has 7 heteroatoms. The van der Waals surface area contributed by atoms with Crippen LogP contribution in [-0.2, 0) is 4.79 Å². The topological polar surface area (TPSA) is 82.3 Å². The van der Waals surface area contributed by atoms with Crippen LogP contribution in [0, 0.1) is 11.3 Å². The summed E-state index contributed by atoms with van der Waals surface area (Å²) in [5, 5.41) is 21.9. The van der Waals surface area contributed by atoms with Gasteiger partial charge in [-0.05, 0) is 58.4 Å². The van der Waals surface area contributed by atoms with Crippen molar-refractivity contribution < 1.29 is 14.6 Å². The van der Waals surface area contributed by atoms with Gasteiger partial charge >= 0.3 is 0 Å². The minimum absolute atomic E-state index is 0.0526. The molecule has 1 amide bonds. The maximum absolute atomic E-state index is 12.2. The van der Waals surface area contributed by atoms with Gasteiger partial charge in [-0.15, -0.1) is 0 Å². The van der Waals surface area contributed by atoms with E-state index in [1.165, 1.54) is 6.08 Å². The van der Waals surface area contributed by atoms with Gasteiger partial charge in [0.15, 0.2) is 0 Å². The second-order valence-electron chi connectivity index (χ2n) is 4.68. The van der Waals surface area contributed by atoms with Crippen molar-refractivity contribution in [2.75, 3.05) is 12.4 Å². The molecule has 0 unspecified atom stereocenters. The third-order valence-electron chi connectivity index (χ3n) is 3.07. The van der Waals surface area contributed by atoms with Crippen molar-refractivity contribution in [3.05, 3.63) is 56.5 Å². The molecule has 0 aliphatic heterocycles. The number of rotatable bonds is 4. The molecule has 2 aromatic rings. The van der Waals surface area contributed by atoms with Crippen LogP contribution in [-0.4, -0.2) is 18.1 Å². The van der Waals surface area contributed by atoms with Gasteiger partial charge in [0.2, 0.25) is 0 Å². The molecule has 2 N–H and O–H groups in total. The summed E-state index contributed by atoms with van der Waals surface area (Å²) in [5.74, 6) is 0.0364. The lowest BCUT2D eigenvalue weighted by atomic mass is 10.1. The van der Waals surface area contributed by atoms with Crippen molar-refractivity contribution in [3.8, 4) is 17.6 Å². The smallest absolute Gasteiger partial charge is 0.266 e. The van der Waals surface area contributed by atoms with Crippen LogP contribution in [0.1, 0.15) is 5.56 Å². The number of benzene rings is 2. The summed E-state index contributed by atoms with van der Waals surface area (Å²) >= 11 is 6.51. The van der Waals surface area contributed by atoms with Crippen LogP contribution in [0.2, 0.25) is 0 Å². The van der Waals surface area contributed by atoms with Gasteiger partial charge in [0.05, 0.1) is 11.6 Å². The van der Waals surface area contributed by atoms with Gasteiger partial charge < -0.3 is 15.2 Å². The van der Waals surface area contributed by atoms with E-state index >= 15 is 0 Å². The van der Waals surface area contributed by atoms with E-state index < -0.39 is 5.91 Å². The Labute approximate surface area is 155 Å². The summed E-state index contributed by atoms with van der Waals surface area (Å²) in [6.45, 7) is 0. The number of aromatic hydroxyl groups is 1. The number of phenols is 1. The molecule has 0 aromatic heterocycles. The molecule has 0 fully saturated rings. The van der Waals surface area contributed by atoms with Gasteiger partial charge in [-0.2, -0.15) is 5.26 Å². The molecular weight excluding hydrogens is 440 g/mol. The summed E-state index contributed by atoms with van der Waals surface area (Å²) in [6.07, 6.45) is 1.32. The second-order valence-corrected chi connectivity index (χ2v) is 6.45. The Morgan fingerprint density at radius 1 is 1.29 bits per heavy atom. The zero-order valence-corrected chi connectivity index (χ0v) is 15.7. The number of nitrogens with zero attached hydrogens (tertiary/aromatic N) is 1. The van der Waals surface area contributed by atoms with E-state index in [0.29, 0.717) is 25.9 Å². The highest BCUT2D eigenvalue weighted by Crippen LogP contribution is 2.33. The average molecular weight is 452 g/mol. The van der Waals surface area contributed by atoms with Gasteiger partial charge in [0, 0.05) is 15.7 Å². The Hall–Kier alpha value is -2.30. The largest absolute Gasteiger partial charge is 0.506 e. The molecule has 0 heterocycles.